The van der Waals surface area contributed by atoms with Crippen molar-refractivity contribution >= 4 is 11.7 Å². The molecule has 0 saturated carbocycles. The summed E-state index contributed by atoms with van der Waals surface area (Å²) in [6.45, 7) is 1.58. The van der Waals surface area contributed by atoms with E-state index in [1.54, 1.807) is 19.1 Å². The quantitative estimate of drug-likeness (QED) is 0.657. The van der Waals surface area contributed by atoms with Crippen molar-refractivity contribution in [1.82, 2.24) is 14.9 Å². The Morgan fingerprint density at radius 1 is 1.28 bits per heavy atom. The number of fused-ring (bicyclic) bond motifs is 1. The van der Waals surface area contributed by atoms with Gasteiger partial charge < -0.3 is 9.26 Å². The van der Waals surface area contributed by atoms with Crippen LogP contribution in [0.25, 0.3) is 0 Å². The molecule has 0 spiro atoms. The highest BCUT2D eigenvalue weighted by molar-refractivity contribution is 6.05. The highest BCUT2D eigenvalue weighted by Crippen LogP contribution is 2.39. The molecular formula is C19H17F3N4O3. The average molecular weight is 406 g/mol. The third kappa shape index (κ3) is 3.57. The van der Waals surface area contributed by atoms with Crippen LogP contribution in [0.3, 0.4) is 0 Å². The first kappa shape index (κ1) is 19.0. The van der Waals surface area contributed by atoms with Crippen LogP contribution < -0.4 is 9.64 Å². The maximum absolute atomic E-state index is 13.3. The van der Waals surface area contributed by atoms with Gasteiger partial charge in [-0.15, -0.1) is 0 Å². The minimum absolute atomic E-state index is 0.0108. The molecule has 1 amide bonds. The van der Waals surface area contributed by atoms with Gasteiger partial charge in [0.2, 0.25) is 0 Å². The van der Waals surface area contributed by atoms with Gasteiger partial charge in [0.15, 0.2) is 11.7 Å². The smallest absolute Gasteiger partial charge is 0.410 e. The van der Waals surface area contributed by atoms with Crippen LogP contribution in [-0.2, 0) is 6.61 Å². The number of benzene rings is 1. The number of carbonyl (C=O) groups is 1. The molecule has 0 N–H and O–H groups in total. The molecule has 10 heteroatoms. The molecule has 29 heavy (non-hydrogen) atoms. The van der Waals surface area contributed by atoms with E-state index in [0.717, 1.165) is 4.68 Å². The van der Waals surface area contributed by atoms with Gasteiger partial charge in [0.1, 0.15) is 23.9 Å². The molecule has 1 aliphatic heterocycles. The van der Waals surface area contributed by atoms with Crippen molar-refractivity contribution < 1.29 is 27.2 Å². The van der Waals surface area contributed by atoms with Gasteiger partial charge in [-0.1, -0.05) is 23.4 Å². The van der Waals surface area contributed by atoms with Gasteiger partial charge in [-0.25, -0.2) is 4.68 Å². The summed E-state index contributed by atoms with van der Waals surface area (Å²) in [6, 6.07) is 8.62. The van der Waals surface area contributed by atoms with Gasteiger partial charge in [0, 0.05) is 12.6 Å². The Labute approximate surface area is 163 Å². The summed E-state index contributed by atoms with van der Waals surface area (Å²) in [5.41, 5.74) is 0.458. The Balaban J connectivity index is 1.59. The summed E-state index contributed by atoms with van der Waals surface area (Å²) >= 11 is 0. The van der Waals surface area contributed by atoms with Crippen LogP contribution in [0.1, 0.15) is 34.3 Å². The van der Waals surface area contributed by atoms with Crippen molar-refractivity contribution in [2.45, 2.75) is 32.2 Å². The zero-order valence-electron chi connectivity index (χ0n) is 15.4. The molecule has 1 unspecified atom stereocenters. The van der Waals surface area contributed by atoms with Crippen LogP contribution in [0, 0.1) is 6.92 Å². The fourth-order valence-corrected chi connectivity index (χ4v) is 3.29. The molecule has 3 heterocycles. The van der Waals surface area contributed by atoms with Crippen molar-refractivity contribution in [2.24, 2.45) is 0 Å². The number of nitrogens with zero attached hydrogens (tertiary/aromatic N) is 4. The summed E-state index contributed by atoms with van der Waals surface area (Å²) < 4.78 is 51.5. The molecule has 0 radical (unpaired) electrons. The van der Waals surface area contributed by atoms with Crippen molar-refractivity contribution in [1.29, 1.82) is 0 Å². The van der Waals surface area contributed by atoms with Crippen LogP contribution in [-0.4, -0.2) is 33.6 Å². The molecular weight excluding hydrogens is 389 g/mol. The topological polar surface area (TPSA) is 73.4 Å². The molecule has 0 saturated heterocycles. The lowest BCUT2D eigenvalue weighted by atomic mass is 10.1. The number of hydrogen-bond donors (Lipinski definition) is 0. The summed E-state index contributed by atoms with van der Waals surface area (Å²) in [6.07, 6.45) is -3.50. The third-order valence-electron chi connectivity index (χ3n) is 4.78. The van der Waals surface area contributed by atoms with Crippen molar-refractivity contribution in [3.63, 3.8) is 0 Å². The number of aromatic nitrogens is 3. The number of alkyl halides is 3. The van der Waals surface area contributed by atoms with Gasteiger partial charge in [-0.3, -0.25) is 9.69 Å². The normalized spacial score (nSPS) is 16.6. The minimum Gasteiger partial charge on any atom is -0.489 e. The van der Waals surface area contributed by atoms with Gasteiger partial charge in [0.25, 0.3) is 5.91 Å². The highest BCUT2D eigenvalue weighted by atomic mass is 19.4. The van der Waals surface area contributed by atoms with E-state index in [1.165, 1.54) is 17.2 Å². The number of hydrogen-bond acceptors (Lipinski definition) is 5. The lowest BCUT2D eigenvalue weighted by molar-refractivity contribution is -0.172. The fourth-order valence-electron chi connectivity index (χ4n) is 3.29. The average Bonchev–Trinajstić information content (AvgIpc) is 3.32. The summed E-state index contributed by atoms with van der Waals surface area (Å²) in [7, 11) is 0. The van der Waals surface area contributed by atoms with Crippen LogP contribution in [0.5, 0.6) is 5.75 Å². The number of ether oxygens (including phenoxy) is 1. The molecule has 152 valence electrons. The standard InChI is InChI=1S/C19H17F3N4O3/c1-12-14(11-28-13-5-3-2-4-6-13)17(24-29-12)18(27)25-10-8-15(19(20,21)22)26-16(25)7-9-23-26/h2-7,9,15H,8,10-11H2,1H3. The van der Waals surface area contributed by atoms with Crippen molar-refractivity contribution in [3.05, 3.63) is 59.6 Å². The predicted octanol–water partition coefficient (Wildman–Crippen LogP) is 3.91. The second kappa shape index (κ2) is 7.26. The number of rotatable bonds is 4. The molecule has 0 bridgehead atoms. The van der Waals surface area contributed by atoms with E-state index in [4.69, 9.17) is 9.26 Å². The largest absolute Gasteiger partial charge is 0.489 e. The molecule has 0 aliphatic carbocycles. The minimum atomic E-state index is -4.45. The number of halogens is 3. The summed E-state index contributed by atoms with van der Waals surface area (Å²) in [5.74, 6) is 0.522. The number of amides is 1. The number of carbonyl (C=O) groups excluding carboxylic acids is 1. The van der Waals surface area contributed by atoms with Gasteiger partial charge in [-0.05, 0) is 25.5 Å². The first-order valence-electron chi connectivity index (χ1n) is 8.91. The second-order valence-electron chi connectivity index (χ2n) is 6.60. The Bertz CT molecular complexity index is 1010. The monoisotopic (exact) mass is 406 g/mol. The molecule has 1 aliphatic rings. The van der Waals surface area contributed by atoms with E-state index < -0.39 is 18.1 Å². The SMILES string of the molecule is Cc1onc(C(=O)N2CCC(C(F)(F)F)n3nccc32)c1COc1ccccc1. The van der Waals surface area contributed by atoms with Crippen LogP contribution in [0.2, 0.25) is 0 Å². The fraction of sp³-hybridized carbons (Fsp3) is 0.316. The van der Waals surface area contributed by atoms with Crippen LogP contribution in [0.4, 0.5) is 19.0 Å². The van der Waals surface area contributed by atoms with Gasteiger partial charge >= 0.3 is 6.18 Å². The van der Waals surface area contributed by atoms with E-state index in [-0.39, 0.29) is 31.1 Å². The molecule has 3 aromatic rings. The summed E-state index contributed by atoms with van der Waals surface area (Å²) in [5, 5.41) is 7.60. The Morgan fingerprint density at radius 2 is 2.03 bits per heavy atom. The molecule has 0 fully saturated rings. The second-order valence-corrected chi connectivity index (χ2v) is 6.60. The maximum atomic E-state index is 13.3. The van der Waals surface area contributed by atoms with E-state index in [1.807, 2.05) is 18.2 Å². The van der Waals surface area contributed by atoms with Gasteiger partial charge in [-0.2, -0.15) is 18.3 Å². The predicted molar refractivity (Wildman–Crippen MR) is 95.6 cm³/mol. The third-order valence-corrected chi connectivity index (χ3v) is 4.78. The zero-order chi connectivity index (χ0) is 20.6. The number of para-hydroxylation sites is 1. The van der Waals surface area contributed by atoms with E-state index in [2.05, 4.69) is 10.3 Å². The highest BCUT2D eigenvalue weighted by Gasteiger charge is 2.46. The zero-order valence-corrected chi connectivity index (χ0v) is 15.4. The Morgan fingerprint density at radius 3 is 2.76 bits per heavy atom. The van der Waals surface area contributed by atoms with Gasteiger partial charge in [0.05, 0.1) is 11.8 Å². The number of aryl methyl sites for hydroxylation is 1. The molecule has 1 aromatic carbocycles. The van der Waals surface area contributed by atoms with Crippen molar-refractivity contribution in [3.8, 4) is 5.75 Å². The van der Waals surface area contributed by atoms with E-state index >= 15 is 0 Å². The lowest BCUT2D eigenvalue weighted by Crippen LogP contribution is -2.43. The Kier molecular flexibility index (Phi) is 4.77. The molecule has 2 aromatic heterocycles. The molecule has 1 atom stereocenters. The lowest BCUT2D eigenvalue weighted by Gasteiger charge is -2.33. The van der Waals surface area contributed by atoms with Crippen LogP contribution in [0.15, 0.2) is 47.1 Å². The summed E-state index contributed by atoms with van der Waals surface area (Å²) in [4.78, 5) is 14.3. The first-order valence-corrected chi connectivity index (χ1v) is 8.91. The first-order chi connectivity index (χ1) is 13.9. The van der Waals surface area contributed by atoms with E-state index in [9.17, 15) is 18.0 Å². The maximum Gasteiger partial charge on any atom is 0.410 e. The van der Waals surface area contributed by atoms with Crippen molar-refractivity contribution in [2.75, 3.05) is 11.4 Å². The number of anilines is 1. The molecule has 4 rings (SSSR count). The van der Waals surface area contributed by atoms with Crippen LogP contribution >= 0.6 is 0 Å². The Hall–Kier alpha value is -3.30. The molecule has 7 nitrogen and oxygen atoms in total. The van der Waals surface area contributed by atoms with E-state index in [0.29, 0.717) is 17.1 Å².